The molecule has 0 unspecified atom stereocenters. The average Bonchev–Trinajstić information content (AvgIpc) is 3.41. The number of hydrogen-bond donors (Lipinski definition) is 0. The SMILES string of the molecule is C=C/C=c1\c(=C/C)n(-c2ccc(-c3cccc(-c4ccc5c6ccccc6c6ccccc6c5c4)c3)cc2)c2ccccc12. The van der Waals surface area contributed by atoms with Crippen LogP contribution in [0.2, 0.25) is 0 Å². The lowest BCUT2D eigenvalue weighted by molar-refractivity contribution is 1.07. The summed E-state index contributed by atoms with van der Waals surface area (Å²) in [5.41, 5.74) is 7.19. The summed E-state index contributed by atoms with van der Waals surface area (Å²) in [5, 5.41) is 11.4. The van der Waals surface area contributed by atoms with E-state index < -0.39 is 0 Å². The molecule has 0 atom stereocenters. The maximum absolute atomic E-state index is 3.96. The van der Waals surface area contributed by atoms with E-state index in [1.807, 2.05) is 6.08 Å². The van der Waals surface area contributed by atoms with Crippen LogP contribution in [0, 0.1) is 0 Å². The molecule has 0 fully saturated rings. The van der Waals surface area contributed by atoms with Crippen molar-refractivity contribution >= 4 is 55.4 Å². The Bertz CT molecular complexity index is 2470. The number of rotatable bonds is 4. The Labute approximate surface area is 257 Å². The average molecular weight is 562 g/mol. The molecule has 0 aliphatic heterocycles. The van der Waals surface area contributed by atoms with E-state index in [0.717, 1.165) is 5.69 Å². The second-order valence-corrected chi connectivity index (χ2v) is 11.3. The van der Waals surface area contributed by atoms with Gasteiger partial charge in [0.2, 0.25) is 0 Å². The molecule has 1 aromatic heterocycles. The molecule has 0 spiro atoms. The molecule has 1 heteroatoms. The van der Waals surface area contributed by atoms with Crippen LogP contribution >= 0.6 is 0 Å². The number of benzene rings is 7. The Morgan fingerprint density at radius 2 is 1.00 bits per heavy atom. The van der Waals surface area contributed by atoms with E-state index in [-0.39, 0.29) is 0 Å². The molecule has 0 saturated carbocycles. The highest BCUT2D eigenvalue weighted by atomic mass is 15.0. The number of aromatic nitrogens is 1. The van der Waals surface area contributed by atoms with Crippen LogP contribution in [0.4, 0.5) is 0 Å². The first-order valence-electron chi connectivity index (χ1n) is 15.2. The lowest BCUT2D eigenvalue weighted by atomic mass is 9.91. The third-order valence-electron chi connectivity index (χ3n) is 8.91. The van der Waals surface area contributed by atoms with E-state index >= 15 is 0 Å². The number of nitrogens with zero attached hydrogens (tertiary/aromatic N) is 1. The Balaban J connectivity index is 1.22. The summed E-state index contributed by atoms with van der Waals surface area (Å²) in [7, 11) is 0. The first-order valence-corrected chi connectivity index (χ1v) is 15.2. The third kappa shape index (κ3) is 4.09. The normalized spacial score (nSPS) is 12.6. The van der Waals surface area contributed by atoms with E-state index in [0.29, 0.717) is 0 Å². The first kappa shape index (κ1) is 26.0. The zero-order valence-corrected chi connectivity index (χ0v) is 24.7. The van der Waals surface area contributed by atoms with E-state index in [2.05, 4.69) is 170 Å². The van der Waals surface area contributed by atoms with E-state index in [1.54, 1.807) is 0 Å². The van der Waals surface area contributed by atoms with E-state index in [4.69, 9.17) is 0 Å². The second-order valence-electron chi connectivity index (χ2n) is 11.3. The molecule has 44 heavy (non-hydrogen) atoms. The van der Waals surface area contributed by atoms with Gasteiger partial charge in [0.25, 0.3) is 0 Å². The summed E-state index contributed by atoms with van der Waals surface area (Å²) in [6.45, 7) is 6.06. The van der Waals surface area contributed by atoms with Gasteiger partial charge in [-0.05, 0) is 91.8 Å². The van der Waals surface area contributed by atoms with Gasteiger partial charge in [-0.3, -0.25) is 0 Å². The monoisotopic (exact) mass is 561 g/mol. The summed E-state index contributed by atoms with van der Waals surface area (Å²) in [6, 6.07) is 50.9. The number of para-hydroxylation sites is 1. The molecule has 0 N–H and O–H groups in total. The van der Waals surface area contributed by atoms with Gasteiger partial charge in [0.15, 0.2) is 0 Å². The first-order chi connectivity index (χ1) is 21.7. The van der Waals surface area contributed by atoms with Crippen molar-refractivity contribution < 1.29 is 0 Å². The minimum Gasteiger partial charge on any atom is -0.310 e. The molecule has 0 saturated heterocycles. The van der Waals surface area contributed by atoms with Crippen LogP contribution in [-0.2, 0) is 0 Å². The van der Waals surface area contributed by atoms with Crippen molar-refractivity contribution in [2.45, 2.75) is 6.92 Å². The van der Waals surface area contributed by atoms with Crippen LogP contribution in [0.3, 0.4) is 0 Å². The summed E-state index contributed by atoms with van der Waals surface area (Å²) >= 11 is 0. The van der Waals surface area contributed by atoms with Crippen molar-refractivity contribution in [3.8, 4) is 27.9 Å². The van der Waals surface area contributed by atoms with Crippen LogP contribution in [0.5, 0.6) is 0 Å². The van der Waals surface area contributed by atoms with E-state index in [9.17, 15) is 0 Å². The maximum atomic E-state index is 3.96. The zero-order valence-electron chi connectivity index (χ0n) is 24.7. The Morgan fingerprint density at radius 1 is 0.477 bits per heavy atom. The minimum atomic E-state index is 1.14. The summed E-state index contributed by atoms with van der Waals surface area (Å²) < 4.78 is 2.34. The van der Waals surface area contributed by atoms with Crippen molar-refractivity contribution in [2.24, 2.45) is 0 Å². The predicted molar refractivity (Wildman–Crippen MR) is 191 cm³/mol. The lowest BCUT2D eigenvalue weighted by Gasteiger charge is -2.13. The topological polar surface area (TPSA) is 4.93 Å². The highest BCUT2D eigenvalue weighted by Gasteiger charge is 2.11. The second kappa shape index (κ2) is 10.6. The maximum Gasteiger partial charge on any atom is 0.0540 e. The molecule has 1 nitrogen and oxygen atoms in total. The Kier molecular flexibility index (Phi) is 6.24. The highest BCUT2D eigenvalue weighted by molar-refractivity contribution is 6.25. The fraction of sp³-hybridized carbons (Fsp3) is 0.0233. The molecular formula is C43H31N. The molecule has 0 aliphatic carbocycles. The van der Waals surface area contributed by atoms with Crippen molar-refractivity contribution in [3.05, 3.63) is 163 Å². The summed E-state index contributed by atoms with van der Waals surface area (Å²) in [5.74, 6) is 0. The highest BCUT2D eigenvalue weighted by Crippen LogP contribution is 2.37. The molecule has 7 aromatic carbocycles. The van der Waals surface area contributed by atoms with Gasteiger partial charge in [0, 0.05) is 21.6 Å². The number of hydrogen-bond acceptors (Lipinski definition) is 0. The molecule has 0 radical (unpaired) electrons. The molecule has 0 amide bonds. The smallest absolute Gasteiger partial charge is 0.0540 e. The fourth-order valence-corrected chi connectivity index (χ4v) is 6.91. The van der Waals surface area contributed by atoms with Crippen LogP contribution < -0.4 is 10.6 Å². The van der Waals surface area contributed by atoms with Gasteiger partial charge in [-0.2, -0.15) is 0 Å². The zero-order chi connectivity index (χ0) is 29.6. The third-order valence-corrected chi connectivity index (χ3v) is 8.91. The molecule has 1 heterocycles. The van der Waals surface area contributed by atoms with Crippen LogP contribution in [0.25, 0.3) is 83.3 Å². The minimum absolute atomic E-state index is 1.14. The molecule has 208 valence electrons. The van der Waals surface area contributed by atoms with Gasteiger partial charge in [0.05, 0.1) is 5.52 Å². The lowest BCUT2D eigenvalue weighted by Crippen LogP contribution is -2.27. The molecule has 8 rings (SSSR count). The molecule has 8 aromatic rings. The quantitative estimate of drug-likeness (QED) is 0.188. The van der Waals surface area contributed by atoms with Crippen molar-refractivity contribution in [2.75, 3.05) is 0 Å². The van der Waals surface area contributed by atoms with Crippen LogP contribution in [0.15, 0.2) is 152 Å². The summed E-state index contributed by atoms with van der Waals surface area (Å²) in [6.07, 6.45) is 6.16. The summed E-state index contributed by atoms with van der Waals surface area (Å²) in [4.78, 5) is 0. The van der Waals surface area contributed by atoms with Crippen molar-refractivity contribution in [1.82, 2.24) is 4.57 Å². The number of allylic oxidation sites excluding steroid dienone is 1. The van der Waals surface area contributed by atoms with Crippen LogP contribution in [-0.4, -0.2) is 4.57 Å². The molecular weight excluding hydrogens is 530 g/mol. The largest absolute Gasteiger partial charge is 0.310 e. The van der Waals surface area contributed by atoms with Gasteiger partial charge >= 0.3 is 0 Å². The van der Waals surface area contributed by atoms with Gasteiger partial charge in [-0.1, -0.05) is 134 Å². The number of fused-ring (bicyclic) bond motifs is 7. The van der Waals surface area contributed by atoms with Gasteiger partial charge in [-0.25, -0.2) is 0 Å². The van der Waals surface area contributed by atoms with E-state index in [1.165, 1.54) is 76.0 Å². The fourth-order valence-electron chi connectivity index (χ4n) is 6.91. The predicted octanol–water partition coefficient (Wildman–Crippen LogP) is 10.2. The molecule has 0 aliphatic rings. The molecule has 0 bridgehead atoms. The van der Waals surface area contributed by atoms with Gasteiger partial charge in [0.1, 0.15) is 0 Å². The Morgan fingerprint density at radius 3 is 1.64 bits per heavy atom. The van der Waals surface area contributed by atoms with Gasteiger partial charge in [-0.15, -0.1) is 0 Å². The van der Waals surface area contributed by atoms with Crippen molar-refractivity contribution in [3.63, 3.8) is 0 Å². The van der Waals surface area contributed by atoms with Crippen LogP contribution in [0.1, 0.15) is 6.92 Å². The van der Waals surface area contributed by atoms with Gasteiger partial charge < -0.3 is 4.57 Å². The van der Waals surface area contributed by atoms with Crippen molar-refractivity contribution in [1.29, 1.82) is 0 Å². The Hall–Kier alpha value is -5.66. The standard InChI is InChI=1S/C43H31N/c1-3-12-39-40-19-9-10-20-43(40)44(42(39)4-2)33-24-21-29(22-25-33)30-13-11-14-31(27-30)32-23-26-38-36-17-6-5-15-34(36)35-16-7-8-18-37(35)41(38)28-32/h3-28H,1H2,2H3/b39-12-,42-4+.